The van der Waals surface area contributed by atoms with Crippen molar-refractivity contribution in [1.82, 2.24) is 9.78 Å². The first-order chi connectivity index (χ1) is 8.49. The third-order valence-electron chi connectivity index (χ3n) is 2.51. The molecule has 0 atom stereocenters. The molecule has 2 rings (SSSR count). The molecule has 5 nitrogen and oxygen atoms in total. The zero-order valence-corrected chi connectivity index (χ0v) is 11.0. The van der Waals surface area contributed by atoms with Gasteiger partial charge in [-0.25, -0.2) is 4.39 Å². The van der Waals surface area contributed by atoms with E-state index in [0.717, 1.165) is 0 Å². The summed E-state index contributed by atoms with van der Waals surface area (Å²) >= 11 is 3.13. The number of aromatic nitrogens is 2. The van der Waals surface area contributed by atoms with E-state index in [1.54, 1.807) is 19.1 Å². The predicted molar refractivity (Wildman–Crippen MR) is 66.8 cm³/mol. The summed E-state index contributed by atoms with van der Waals surface area (Å²) in [6.07, 6.45) is 0. The summed E-state index contributed by atoms with van der Waals surface area (Å²) in [4.78, 5) is 10.2. The molecule has 0 aliphatic heterocycles. The topological polar surface area (TPSA) is 61.0 Å². The molecule has 0 radical (unpaired) electrons. The Kier molecular flexibility index (Phi) is 3.42. The first-order valence-corrected chi connectivity index (χ1v) is 5.90. The lowest BCUT2D eigenvalue weighted by atomic mass is 10.2. The average Bonchev–Trinajstić information content (AvgIpc) is 2.58. The van der Waals surface area contributed by atoms with Crippen LogP contribution < -0.4 is 0 Å². The van der Waals surface area contributed by atoms with E-state index in [1.807, 2.05) is 0 Å². The molecule has 0 bridgehead atoms. The van der Waals surface area contributed by atoms with Gasteiger partial charge in [0.05, 0.1) is 17.3 Å². The van der Waals surface area contributed by atoms with Crippen molar-refractivity contribution in [1.29, 1.82) is 0 Å². The van der Waals surface area contributed by atoms with Gasteiger partial charge in [-0.3, -0.25) is 0 Å². The van der Waals surface area contributed by atoms with Crippen molar-refractivity contribution in [2.75, 3.05) is 0 Å². The Bertz CT molecular complexity index is 612. The van der Waals surface area contributed by atoms with Crippen LogP contribution in [0.4, 0.5) is 10.2 Å². The molecule has 94 valence electrons. The van der Waals surface area contributed by atoms with Gasteiger partial charge in [-0.05, 0) is 45.5 Å². The molecule has 0 aliphatic carbocycles. The number of halogens is 2. The minimum Gasteiger partial charge on any atom is -0.358 e. The van der Waals surface area contributed by atoms with Gasteiger partial charge in [0.1, 0.15) is 10.3 Å². The summed E-state index contributed by atoms with van der Waals surface area (Å²) in [5.41, 5.74) is 1.33. The highest BCUT2D eigenvalue weighted by Gasteiger charge is 2.23. The maximum Gasteiger partial charge on any atom is 0.404 e. The van der Waals surface area contributed by atoms with Gasteiger partial charge in [0.15, 0.2) is 0 Å². The molecule has 0 fully saturated rings. The number of nitro groups is 1. The van der Waals surface area contributed by atoms with Crippen LogP contribution >= 0.6 is 15.9 Å². The van der Waals surface area contributed by atoms with E-state index in [1.165, 1.54) is 16.8 Å². The van der Waals surface area contributed by atoms with Crippen molar-refractivity contribution in [2.45, 2.75) is 13.5 Å². The van der Waals surface area contributed by atoms with Crippen molar-refractivity contribution in [2.24, 2.45) is 0 Å². The van der Waals surface area contributed by atoms with Crippen molar-refractivity contribution < 1.29 is 9.31 Å². The standard InChI is InChI=1S/C11H9BrFN3O2/c1-7-10(12)11(16(17)18)14-15(7)6-8-3-2-4-9(13)5-8/h2-5H,6H2,1H3. The minimum absolute atomic E-state index is 0.232. The average molecular weight is 314 g/mol. The monoisotopic (exact) mass is 313 g/mol. The van der Waals surface area contributed by atoms with Crippen LogP contribution in [-0.2, 0) is 6.54 Å². The SMILES string of the molecule is Cc1c(Br)c([N+](=O)[O-])nn1Cc1cccc(F)c1. The highest BCUT2D eigenvalue weighted by molar-refractivity contribution is 9.10. The molecule has 0 unspecified atom stereocenters. The molecular formula is C11H9BrFN3O2. The first kappa shape index (κ1) is 12.7. The highest BCUT2D eigenvalue weighted by Crippen LogP contribution is 2.27. The quantitative estimate of drug-likeness (QED) is 0.646. The second-order valence-electron chi connectivity index (χ2n) is 3.77. The lowest BCUT2D eigenvalue weighted by Crippen LogP contribution is -2.04. The van der Waals surface area contributed by atoms with E-state index in [0.29, 0.717) is 15.7 Å². The molecule has 0 saturated carbocycles. The molecule has 0 aliphatic rings. The van der Waals surface area contributed by atoms with E-state index < -0.39 is 4.92 Å². The summed E-state index contributed by atoms with van der Waals surface area (Å²) in [5.74, 6) is -0.574. The van der Waals surface area contributed by atoms with Crippen molar-refractivity contribution in [3.05, 3.63) is 55.9 Å². The van der Waals surface area contributed by atoms with Gasteiger partial charge in [0.2, 0.25) is 0 Å². The number of nitrogens with zero attached hydrogens (tertiary/aromatic N) is 3. The number of hydrogen-bond acceptors (Lipinski definition) is 3. The molecule has 0 spiro atoms. The normalized spacial score (nSPS) is 10.6. The summed E-state index contributed by atoms with van der Waals surface area (Å²) in [6, 6.07) is 6.05. The van der Waals surface area contributed by atoms with Gasteiger partial charge in [0, 0.05) is 0 Å². The van der Waals surface area contributed by atoms with Crippen LogP contribution in [0, 0.1) is 22.9 Å². The maximum absolute atomic E-state index is 13.0. The van der Waals surface area contributed by atoms with Crippen LogP contribution in [0.25, 0.3) is 0 Å². The fourth-order valence-corrected chi connectivity index (χ4v) is 2.02. The second kappa shape index (κ2) is 4.85. The van der Waals surface area contributed by atoms with E-state index in [-0.39, 0.29) is 18.2 Å². The van der Waals surface area contributed by atoms with Gasteiger partial charge in [-0.1, -0.05) is 12.1 Å². The predicted octanol–water partition coefficient (Wildman–Crippen LogP) is 3.05. The zero-order valence-electron chi connectivity index (χ0n) is 9.43. The van der Waals surface area contributed by atoms with Gasteiger partial charge in [-0.15, -0.1) is 0 Å². The van der Waals surface area contributed by atoms with Crippen LogP contribution in [0.3, 0.4) is 0 Å². The van der Waals surface area contributed by atoms with Crippen molar-refractivity contribution >= 4 is 21.7 Å². The van der Waals surface area contributed by atoms with Crippen LogP contribution in [0.2, 0.25) is 0 Å². The van der Waals surface area contributed by atoms with E-state index >= 15 is 0 Å². The Balaban J connectivity index is 2.35. The first-order valence-electron chi connectivity index (χ1n) is 5.11. The lowest BCUT2D eigenvalue weighted by Gasteiger charge is -2.00. The summed E-state index contributed by atoms with van der Waals surface area (Å²) < 4.78 is 14.9. The smallest absolute Gasteiger partial charge is 0.358 e. The molecule has 1 aromatic carbocycles. The van der Waals surface area contributed by atoms with E-state index in [4.69, 9.17) is 0 Å². The van der Waals surface area contributed by atoms with Gasteiger partial charge >= 0.3 is 5.82 Å². The second-order valence-corrected chi connectivity index (χ2v) is 4.56. The number of rotatable bonds is 3. The zero-order chi connectivity index (χ0) is 13.3. The molecular weight excluding hydrogens is 305 g/mol. The molecule has 1 heterocycles. The molecule has 0 N–H and O–H groups in total. The van der Waals surface area contributed by atoms with E-state index in [2.05, 4.69) is 21.0 Å². The highest BCUT2D eigenvalue weighted by atomic mass is 79.9. The number of benzene rings is 1. The summed E-state index contributed by atoms with van der Waals surface area (Å²) in [6.45, 7) is 2.00. The Labute approximate surface area is 111 Å². The third kappa shape index (κ3) is 2.40. The Morgan fingerprint density at radius 2 is 2.28 bits per heavy atom. The third-order valence-corrected chi connectivity index (χ3v) is 3.44. The molecule has 2 aromatic rings. The summed E-state index contributed by atoms with van der Waals surface area (Å²) in [7, 11) is 0. The maximum atomic E-state index is 13.0. The molecule has 0 saturated heterocycles. The Morgan fingerprint density at radius 3 is 2.83 bits per heavy atom. The van der Waals surface area contributed by atoms with Crippen LogP contribution in [0.15, 0.2) is 28.7 Å². The molecule has 18 heavy (non-hydrogen) atoms. The fourth-order valence-electron chi connectivity index (χ4n) is 1.59. The molecule has 1 aromatic heterocycles. The van der Waals surface area contributed by atoms with Gasteiger partial charge in [0.25, 0.3) is 0 Å². The molecule has 0 amide bonds. The van der Waals surface area contributed by atoms with E-state index in [9.17, 15) is 14.5 Å². The largest absolute Gasteiger partial charge is 0.404 e. The van der Waals surface area contributed by atoms with Crippen molar-refractivity contribution in [3.63, 3.8) is 0 Å². The van der Waals surface area contributed by atoms with Crippen LogP contribution in [0.1, 0.15) is 11.3 Å². The van der Waals surface area contributed by atoms with Crippen LogP contribution in [0.5, 0.6) is 0 Å². The minimum atomic E-state index is -0.556. The Hall–Kier alpha value is -1.76. The fraction of sp³-hybridized carbons (Fsp3) is 0.182. The Morgan fingerprint density at radius 1 is 1.56 bits per heavy atom. The molecule has 7 heteroatoms. The van der Waals surface area contributed by atoms with Crippen molar-refractivity contribution in [3.8, 4) is 0 Å². The van der Waals surface area contributed by atoms with Gasteiger partial charge in [-0.2, -0.15) is 4.68 Å². The number of hydrogen-bond donors (Lipinski definition) is 0. The van der Waals surface area contributed by atoms with Gasteiger partial charge < -0.3 is 10.1 Å². The summed E-state index contributed by atoms with van der Waals surface area (Å²) in [5, 5.41) is 14.6. The lowest BCUT2D eigenvalue weighted by molar-refractivity contribution is -0.390. The van der Waals surface area contributed by atoms with Crippen LogP contribution in [-0.4, -0.2) is 14.7 Å².